The summed E-state index contributed by atoms with van der Waals surface area (Å²) in [6, 6.07) is 0.00674. The number of fused-ring (bicyclic) bond motifs is 1. The fourth-order valence-electron chi connectivity index (χ4n) is 3.12. The topological polar surface area (TPSA) is 41.1 Å². The molecule has 0 saturated carbocycles. The molecular weight excluding hydrogens is 292 g/mol. The number of halogens is 1. The minimum Gasteiger partial charge on any atom is -0.316 e. The van der Waals surface area contributed by atoms with Gasteiger partial charge in [-0.05, 0) is 63.1 Å². The highest BCUT2D eigenvalue weighted by Crippen LogP contribution is 2.37. The molecule has 1 atom stereocenters. The fourth-order valence-corrected chi connectivity index (χ4v) is 4.42. The summed E-state index contributed by atoms with van der Waals surface area (Å²) >= 11 is 1.79. The number of carbonyl (C=O) groups is 1. The minimum atomic E-state index is 0. The molecule has 0 bridgehead atoms. The lowest BCUT2D eigenvalue weighted by Gasteiger charge is -2.22. The summed E-state index contributed by atoms with van der Waals surface area (Å²) in [7, 11) is 0. The van der Waals surface area contributed by atoms with E-state index in [4.69, 9.17) is 0 Å². The van der Waals surface area contributed by atoms with Crippen LogP contribution >= 0.6 is 23.7 Å². The van der Waals surface area contributed by atoms with Crippen LogP contribution in [0.3, 0.4) is 0 Å². The lowest BCUT2D eigenvalue weighted by atomic mass is 9.96. The Morgan fingerprint density at radius 2 is 2.05 bits per heavy atom. The molecule has 3 nitrogen and oxygen atoms in total. The third-order valence-electron chi connectivity index (χ3n) is 4.30. The average Bonchev–Trinajstić information content (AvgIpc) is 2.77. The van der Waals surface area contributed by atoms with Crippen molar-refractivity contribution >= 4 is 34.7 Å². The Bertz CT molecular complexity index is 480. The first-order chi connectivity index (χ1) is 9.25. The van der Waals surface area contributed by atoms with Crippen molar-refractivity contribution in [3.63, 3.8) is 0 Å². The molecule has 1 unspecified atom stereocenters. The van der Waals surface area contributed by atoms with Gasteiger partial charge in [0.05, 0.1) is 11.0 Å². The number of amides is 1. The number of aryl methyl sites for hydroxylation is 1. The second kappa shape index (κ2) is 6.92. The first-order valence-electron chi connectivity index (χ1n) is 7.41. The number of rotatable bonds is 2. The third-order valence-corrected chi connectivity index (χ3v) is 5.61. The SMILES string of the molecule is Cc1c(NC(=O)C2CCCCN2)sc2c1CCCC2.Cl. The van der Waals surface area contributed by atoms with Crippen LogP contribution in [-0.2, 0) is 17.6 Å². The summed E-state index contributed by atoms with van der Waals surface area (Å²) in [6.45, 7) is 3.13. The smallest absolute Gasteiger partial charge is 0.242 e. The van der Waals surface area contributed by atoms with Crippen LogP contribution in [0.1, 0.15) is 48.1 Å². The van der Waals surface area contributed by atoms with E-state index in [1.165, 1.54) is 48.1 Å². The molecule has 0 aromatic carbocycles. The van der Waals surface area contributed by atoms with Gasteiger partial charge in [-0.25, -0.2) is 0 Å². The van der Waals surface area contributed by atoms with Gasteiger partial charge in [0.15, 0.2) is 0 Å². The van der Waals surface area contributed by atoms with E-state index < -0.39 is 0 Å². The molecule has 1 aromatic heterocycles. The van der Waals surface area contributed by atoms with Gasteiger partial charge in [-0.1, -0.05) is 6.42 Å². The van der Waals surface area contributed by atoms with E-state index in [2.05, 4.69) is 17.6 Å². The zero-order valence-electron chi connectivity index (χ0n) is 12.0. The van der Waals surface area contributed by atoms with Gasteiger partial charge in [0.1, 0.15) is 0 Å². The Hall–Kier alpha value is -0.580. The quantitative estimate of drug-likeness (QED) is 0.878. The van der Waals surface area contributed by atoms with Crippen LogP contribution in [0.2, 0.25) is 0 Å². The number of hydrogen-bond acceptors (Lipinski definition) is 3. The largest absolute Gasteiger partial charge is 0.316 e. The fraction of sp³-hybridized carbons (Fsp3) is 0.667. The van der Waals surface area contributed by atoms with Crippen molar-refractivity contribution in [2.45, 2.75) is 57.9 Å². The van der Waals surface area contributed by atoms with Crippen molar-refractivity contribution in [2.75, 3.05) is 11.9 Å². The van der Waals surface area contributed by atoms with E-state index in [-0.39, 0.29) is 24.4 Å². The molecule has 20 heavy (non-hydrogen) atoms. The Balaban J connectivity index is 0.00000147. The average molecular weight is 315 g/mol. The molecule has 1 aromatic rings. The molecule has 0 radical (unpaired) electrons. The van der Waals surface area contributed by atoms with Crippen LogP contribution in [0.15, 0.2) is 0 Å². The highest BCUT2D eigenvalue weighted by Gasteiger charge is 2.23. The Labute approximate surface area is 130 Å². The summed E-state index contributed by atoms with van der Waals surface area (Å²) in [6.07, 6.45) is 8.29. The van der Waals surface area contributed by atoms with Crippen LogP contribution in [0, 0.1) is 6.92 Å². The number of nitrogens with one attached hydrogen (secondary N) is 2. The van der Waals surface area contributed by atoms with Gasteiger partial charge in [0, 0.05) is 4.88 Å². The number of thiophene rings is 1. The highest BCUT2D eigenvalue weighted by molar-refractivity contribution is 7.16. The zero-order valence-corrected chi connectivity index (χ0v) is 13.6. The highest BCUT2D eigenvalue weighted by atomic mass is 35.5. The van der Waals surface area contributed by atoms with Crippen LogP contribution in [0.5, 0.6) is 0 Å². The van der Waals surface area contributed by atoms with E-state index >= 15 is 0 Å². The molecule has 2 aliphatic rings. The minimum absolute atomic E-state index is 0. The van der Waals surface area contributed by atoms with Gasteiger partial charge >= 0.3 is 0 Å². The number of anilines is 1. The molecule has 1 saturated heterocycles. The second-order valence-corrected chi connectivity index (χ2v) is 6.76. The molecule has 2 N–H and O–H groups in total. The number of carbonyl (C=O) groups excluding carboxylic acids is 1. The standard InChI is InChI=1S/C15H22N2OS.ClH/c1-10-11-6-2-3-8-13(11)19-15(10)17-14(18)12-7-4-5-9-16-12;/h12,16H,2-9H2,1H3,(H,17,18);1H. The predicted molar refractivity (Wildman–Crippen MR) is 87.2 cm³/mol. The van der Waals surface area contributed by atoms with E-state index in [9.17, 15) is 4.79 Å². The van der Waals surface area contributed by atoms with Crippen LogP contribution < -0.4 is 10.6 Å². The van der Waals surface area contributed by atoms with Crippen molar-refractivity contribution < 1.29 is 4.79 Å². The van der Waals surface area contributed by atoms with Crippen molar-refractivity contribution in [1.29, 1.82) is 0 Å². The maximum atomic E-state index is 12.3. The maximum absolute atomic E-state index is 12.3. The van der Waals surface area contributed by atoms with Crippen molar-refractivity contribution in [3.8, 4) is 0 Å². The molecule has 0 spiro atoms. The maximum Gasteiger partial charge on any atom is 0.242 e. The molecular formula is C15H23ClN2OS. The zero-order chi connectivity index (χ0) is 13.2. The Morgan fingerprint density at radius 1 is 1.25 bits per heavy atom. The van der Waals surface area contributed by atoms with Gasteiger partial charge in [0.25, 0.3) is 0 Å². The van der Waals surface area contributed by atoms with Gasteiger partial charge < -0.3 is 10.6 Å². The first-order valence-corrected chi connectivity index (χ1v) is 8.23. The van der Waals surface area contributed by atoms with E-state index in [0.717, 1.165) is 24.4 Å². The summed E-state index contributed by atoms with van der Waals surface area (Å²) in [4.78, 5) is 13.8. The van der Waals surface area contributed by atoms with E-state index in [0.29, 0.717) is 0 Å². The van der Waals surface area contributed by atoms with Crippen molar-refractivity contribution in [3.05, 3.63) is 16.0 Å². The number of piperidine rings is 1. The van der Waals surface area contributed by atoms with Gasteiger partial charge in [-0.2, -0.15) is 0 Å². The lowest BCUT2D eigenvalue weighted by Crippen LogP contribution is -2.43. The Kier molecular flexibility index (Phi) is 5.47. The summed E-state index contributed by atoms with van der Waals surface area (Å²) in [5.74, 6) is 0.154. The van der Waals surface area contributed by atoms with Crippen LogP contribution in [0.25, 0.3) is 0 Å². The second-order valence-electron chi connectivity index (χ2n) is 5.66. The van der Waals surface area contributed by atoms with Crippen LogP contribution in [-0.4, -0.2) is 18.5 Å². The normalized spacial score (nSPS) is 21.8. The van der Waals surface area contributed by atoms with Crippen molar-refractivity contribution in [2.24, 2.45) is 0 Å². The molecule has 112 valence electrons. The van der Waals surface area contributed by atoms with Gasteiger partial charge in [-0.15, -0.1) is 23.7 Å². The van der Waals surface area contributed by atoms with Gasteiger partial charge in [-0.3, -0.25) is 4.79 Å². The molecule has 1 fully saturated rings. The summed E-state index contributed by atoms with van der Waals surface area (Å²) < 4.78 is 0. The predicted octanol–water partition coefficient (Wildman–Crippen LogP) is 3.44. The molecule has 1 amide bonds. The van der Waals surface area contributed by atoms with Crippen LogP contribution in [0.4, 0.5) is 5.00 Å². The molecule has 1 aliphatic heterocycles. The van der Waals surface area contributed by atoms with Crippen molar-refractivity contribution in [1.82, 2.24) is 5.32 Å². The summed E-state index contributed by atoms with van der Waals surface area (Å²) in [5, 5.41) is 7.55. The number of hydrogen-bond donors (Lipinski definition) is 2. The summed E-state index contributed by atoms with van der Waals surface area (Å²) in [5.41, 5.74) is 2.81. The molecule has 5 heteroatoms. The molecule has 3 rings (SSSR count). The lowest BCUT2D eigenvalue weighted by molar-refractivity contribution is -0.118. The van der Waals surface area contributed by atoms with E-state index in [1.54, 1.807) is 11.3 Å². The monoisotopic (exact) mass is 314 g/mol. The molecule has 1 aliphatic carbocycles. The van der Waals surface area contributed by atoms with Gasteiger partial charge in [0.2, 0.25) is 5.91 Å². The third kappa shape index (κ3) is 3.18. The van der Waals surface area contributed by atoms with E-state index in [1.807, 2.05) is 0 Å². The Morgan fingerprint density at radius 3 is 2.75 bits per heavy atom. The molecule has 2 heterocycles. The first kappa shape index (κ1) is 15.8.